The molecule has 0 aromatic heterocycles. The third-order valence-corrected chi connectivity index (χ3v) is 21.2. The quantitative estimate of drug-likeness (QED) is 0.0901. The first-order valence-electron chi connectivity index (χ1n) is 25.9. The number of fused-ring (bicyclic) bond motifs is 6. The summed E-state index contributed by atoms with van der Waals surface area (Å²) in [6.07, 6.45) is 5.01. The van der Waals surface area contributed by atoms with Crippen LogP contribution in [0.25, 0.3) is 27.1 Å². The van der Waals surface area contributed by atoms with Crippen LogP contribution < -0.4 is 9.47 Å². The van der Waals surface area contributed by atoms with Gasteiger partial charge in [0.15, 0.2) is 9.87 Å². The lowest BCUT2D eigenvalue weighted by Crippen LogP contribution is -2.56. The van der Waals surface area contributed by atoms with Crippen LogP contribution in [0, 0.1) is 40.9 Å². The number of hydrogen-bond acceptors (Lipinski definition) is 6. The van der Waals surface area contributed by atoms with Gasteiger partial charge in [-0.25, -0.2) is 0 Å². The van der Waals surface area contributed by atoms with Crippen molar-refractivity contribution in [2.75, 3.05) is 28.4 Å². The second-order valence-corrected chi connectivity index (χ2v) is 24.4. The smallest absolute Gasteiger partial charge is 0.380 e. The summed E-state index contributed by atoms with van der Waals surface area (Å²) < 4.78 is 125. The van der Waals surface area contributed by atoms with E-state index in [1.807, 2.05) is 66.7 Å². The van der Waals surface area contributed by atoms with Crippen molar-refractivity contribution >= 4 is 50.6 Å². The van der Waals surface area contributed by atoms with Crippen LogP contribution in [0.2, 0.25) is 0 Å². The molecule has 5 fully saturated rings. The molecule has 6 atom stereocenters. The van der Waals surface area contributed by atoms with E-state index in [0.717, 1.165) is 98.1 Å². The van der Waals surface area contributed by atoms with Crippen LogP contribution in [-0.4, -0.2) is 56.1 Å². The van der Waals surface area contributed by atoms with Crippen molar-refractivity contribution in [1.29, 1.82) is 0 Å². The predicted octanol–water partition coefficient (Wildman–Crippen LogP) is 16.1. The highest BCUT2D eigenvalue weighted by molar-refractivity contribution is 8.09. The predicted molar refractivity (Wildman–Crippen MR) is 293 cm³/mol. The molecular weight excluding hydrogens is 1020 g/mol. The fraction of sp³-hybridized carbons (Fsp3) is 0.323. The SMILES string of the molecule is COc1cccc2c(C#Cc3ccc(C45C[C@@H]6C[C@@H](CC(C7=C(C)C8=C9C(=C%10C(c%11ccccc%11)=C(C)SC%10(OC)C8(OC)S7)C(F)(F)C(F)(F)C9(F)F)(C6)C4)C5)cc3)c3c(OC)cccc3c(C#Cc3ccccc3)c12. The molecule has 0 amide bonds. The maximum atomic E-state index is 16.9. The average Bonchev–Trinajstić information content (AvgIpc) is 4.16. The van der Waals surface area contributed by atoms with E-state index < -0.39 is 44.2 Å². The van der Waals surface area contributed by atoms with Crippen LogP contribution in [0.5, 0.6) is 11.5 Å². The Bertz CT molecular complexity index is 3790. The lowest BCUT2D eigenvalue weighted by atomic mass is 9.42. The summed E-state index contributed by atoms with van der Waals surface area (Å²) in [5, 5.41) is 3.44. The summed E-state index contributed by atoms with van der Waals surface area (Å²) in [4.78, 5) is -2.66. The zero-order valence-corrected chi connectivity index (χ0v) is 44.8. The number of ether oxygens (including phenoxy) is 4. The van der Waals surface area contributed by atoms with Crippen molar-refractivity contribution < 1.29 is 45.3 Å². The first kappa shape index (κ1) is 50.2. The molecule has 4 nitrogen and oxygen atoms in total. The van der Waals surface area contributed by atoms with E-state index >= 15 is 26.3 Å². The van der Waals surface area contributed by atoms with Gasteiger partial charge in [-0.05, 0) is 138 Å². The summed E-state index contributed by atoms with van der Waals surface area (Å²) in [6, 6.07) is 38.6. The minimum Gasteiger partial charge on any atom is -0.496 e. The van der Waals surface area contributed by atoms with Crippen LogP contribution in [0.1, 0.15) is 85.8 Å². The van der Waals surface area contributed by atoms with Gasteiger partial charge >= 0.3 is 17.8 Å². The highest BCUT2D eigenvalue weighted by atomic mass is 32.2. The summed E-state index contributed by atoms with van der Waals surface area (Å²) in [7, 11) is 5.99. The van der Waals surface area contributed by atoms with Crippen molar-refractivity contribution in [1.82, 2.24) is 0 Å². The Morgan fingerprint density at radius 3 is 1.53 bits per heavy atom. The minimum atomic E-state index is -5.74. The van der Waals surface area contributed by atoms with Crippen LogP contribution >= 0.6 is 23.5 Å². The molecule has 0 radical (unpaired) electrons. The molecule has 6 aromatic carbocycles. The van der Waals surface area contributed by atoms with Gasteiger partial charge < -0.3 is 18.9 Å². The fourth-order valence-corrected chi connectivity index (χ4v) is 18.7. The molecule has 0 N–H and O–H groups in total. The molecule has 0 saturated heterocycles. The molecule has 14 rings (SSSR count). The number of benzene rings is 6. The van der Waals surface area contributed by atoms with Gasteiger partial charge in [-0.2, -0.15) is 26.3 Å². The van der Waals surface area contributed by atoms with E-state index in [4.69, 9.17) is 18.9 Å². The van der Waals surface area contributed by atoms with Gasteiger partial charge in [-0.15, -0.1) is 0 Å². The molecule has 4 unspecified atom stereocenters. The maximum Gasteiger partial charge on any atom is 0.380 e. The van der Waals surface area contributed by atoms with Gasteiger partial charge in [0.25, 0.3) is 0 Å². The Morgan fingerprint density at radius 1 is 0.506 bits per heavy atom. The molecular formula is C65H52F6O4S2. The average molecular weight is 1080 g/mol. The Balaban J connectivity index is 0.915. The van der Waals surface area contributed by atoms with Crippen molar-refractivity contribution in [3.05, 3.63) is 192 Å². The van der Waals surface area contributed by atoms with Crippen LogP contribution in [0.4, 0.5) is 26.3 Å². The van der Waals surface area contributed by atoms with E-state index in [2.05, 4.69) is 47.9 Å². The van der Waals surface area contributed by atoms with Crippen molar-refractivity contribution in [2.24, 2.45) is 17.3 Å². The second-order valence-electron chi connectivity index (χ2n) is 21.8. The Morgan fingerprint density at radius 2 is 1.00 bits per heavy atom. The molecule has 2 aliphatic heterocycles. The number of rotatable bonds is 7. The Labute approximate surface area is 452 Å². The lowest BCUT2D eigenvalue weighted by Gasteiger charge is -2.63. The number of hydrogen-bond donors (Lipinski definition) is 0. The van der Waals surface area contributed by atoms with Crippen LogP contribution in [0.3, 0.4) is 0 Å². The summed E-state index contributed by atoms with van der Waals surface area (Å²) in [5.41, 5.74) is 0.994. The molecule has 5 saturated carbocycles. The van der Waals surface area contributed by atoms with Gasteiger partial charge in [-0.1, -0.05) is 132 Å². The first-order chi connectivity index (χ1) is 36.9. The molecule has 12 heteroatoms. The number of halogens is 6. The number of alkyl halides is 6. The third kappa shape index (κ3) is 6.68. The van der Waals surface area contributed by atoms with Crippen LogP contribution in [0.15, 0.2) is 159 Å². The van der Waals surface area contributed by atoms with E-state index in [-0.39, 0.29) is 34.0 Å². The molecule has 6 aromatic rings. The number of methoxy groups -OCH3 is 4. The lowest BCUT2D eigenvalue weighted by molar-refractivity contribution is -0.258. The highest BCUT2D eigenvalue weighted by Crippen LogP contribution is 2.80. The fourth-order valence-electron chi connectivity index (χ4n) is 15.2. The summed E-state index contributed by atoms with van der Waals surface area (Å²) >= 11 is 2.30. The van der Waals surface area contributed by atoms with E-state index in [9.17, 15) is 0 Å². The number of thioether (sulfide) groups is 2. The van der Waals surface area contributed by atoms with Gasteiger partial charge in [-0.3, -0.25) is 0 Å². The maximum absolute atomic E-state index is 16.9. The molecule has 8 aliphatic rings. The molecule has 2 heterocycles. The van der Waals surface area contributed by atoms with E-state index in [1.54, 1.807) is 58.4 Å². The molecule has 390 valence electrons. The van der Waals surface area contributed by atoms with E-state index in [1.165, 1.54) is 26.0 Å². The minimum absolute atomic E-state index is 0.172. The number of allylic oxidation sites excluding steroid dienone is 4. The monoisotopic (exact) mass is 1070 g/mol. The summed E-state index contributed by atoms with van der Waals surface area (Å²) in [6.45, 7) is 3.36. The first-order valence-corrected chi connectivity index (χ1v) is 27.5. The zero-order valence-electron chi connectivity index (χ0n) is 43.2. The molecule has 0 spiro atoms. The van der Waals surface area contributed by atoms with Crippen molar-refractivity contribution in [2.45, 2.75) is 85.4 Å². The third-order valence-electron chi connectivity index (χ3n) is 17.8. The van der Waals surface area contributed by atoms with Gasteiger partial charge in [0.2, 0.25) is 0 Å². The molecule has 4 bridgehead atoms. The highest BCUT2D eigenvalue weighted by Gasteiger charge is 2.86. The van der Waals surface area contributed by atoms with Gasteiger partial charge in [0, 0.05) is 85.7 Å². The largest absolute Gasteiger partial charge is 0.496 e. The van der Waals surface area contributed by atoms with Crippen LogP contribution in [-0.2, 0) is 14.9 Å². The summed E-state index contributed by atoms with van der Waals surface area (Å²) in [5.74, 6) is -0.464. The molecule has 77 heavy (non-hydrogen) atoms. The topological polar surface area (TPSA) is 36.9 Å². The van der Waals surface area contributed by atoms with Gasteiger partial charge in [0.1, 0.15) is 11.5 Å². The van der Waals surface area contributed by atoms with E-state index in [0.29, 0.717) is 34.0 Å². The van der Waals surface area contributed by atoms with Crippen molar-refractivity contribution in [3.8, 4) is 35.2 Å². The standard InChI is InChI=1S/C65H52F6O4S2/c1-37-54-56-57(62(68,69)65(70,71)61(56,66)67)55-51(43-17-11-8-12-18-43)38(2)76-64(55,75-6)63(54,74-5)77-58(37)60-34-41-31-42(35-60)33-59(32-41,36-60)44-27-23-40(24-28-44)26-30-48-46-20-14-21-49(72-3)52(46)47(29-25-39-15-9-7-10-16-39)45-19-13-22-50(73-4)53(45)48/h7-24,27-28,41-42H,31-36H2,1-6H3/t41-,42+,59?,60?,63?,64?. The molecule has 6 aliphatic carbocycles. The second kappa shape index (κ2) is 17.4. The zero-order chi connectivity index (χ0) is 53.7. The normalized spacial score (nSPS) is 28.8. The van der Waals surface area contributed by atoms with Crippen molar-refractivity contribution in [3.63, 3.8) is 0 Å². The Hall–Kier alpha value is -6.28. The Kier molecular flexibility index (Phi) is 11.3. The van der Waals surface area contributed by atoms with Gasteiger partial charge in [0.05, 0.1) is 14.2 Å².